The summed E-state index contributed by atoms with van der Waals surface area (Å²) in [4.78, 5) is 39.4. The van der Waals surface area contributed by atoms with E-state index in [4.69, 9.17) is 0 Å². The average molecular weight is 331 g/mol. The third kappa shape index (κ3) is 3.32. The van der Waals surface area contributed by atoms with E-state index in [9.17, 15) is 14.4 Å². The van der Waals surface area contributed by atoms with Gasteiger partial charge in [-0.15, -0.1) is 0 Å². The second kappa shape index (κ2) is 6.46. The van der Waals surface area contributed by atoms with Crippen molar-refractivity contribution in [3.63, 3.8) is 0 Å². The van der Waals surface area contributed by atoms with Crippen molar-refractivity contribution in [1.29, 1.82) is 0 Å². The second-order valence-electron chi connectivity index (χ2n) is 6.23. The van der Waals surface area contributed by atoms with Crippen LogP contribution in [0.2, 0.25) is 0 Å². The number of nitrogens with one attached hydrogen (secondary N) is 1. The summed E-state index contributed by atoms with van der Waals surface area (Å²) in [5.41, 5.74) is 1.00. The molecule has 0 aliphatic carbocycles. The molecule has 8 nitrogen and oxygen atoms in total. The lowest BCUT2D eigenvalue weighted by Crippen LogP contribution is -2.42. The number of amides is 1. The van der Waals surface area contributed by atoms with Crippen LogP contribution in [0, 0.1) is 13.8 Å². The molecule has 24 heavy (non-hydrogen) atoms. The highest BCUT2D eigenvalue weighted by molar-refractivity contribution is 5.76. The summed E-state index contributed by atoms with van der Waals surface area (Å²) in [6.07, 6.45) is 3.21. The number of aromatic amines is 1. The van der Waals surface area contributed by atoms with Crippen LogP contribution in [0.4, 0.5) is 0 Å². The van der Waals surface area contributed by atoms with Crippen LogP contribution in [0.25, 0.3) is 0 Å². The van der Waals surface area contributed by atoms with E-state index in [0.717, 1.165) is 24.2 Å². The lowest BCUT2D eigenvalue weighted by atomic mass is 10.2. The summed E-state index contributed by atoms with van der Waals surface area (Å²) in [6.45, 7) is 5.22. The highest BCUT2D eigenvalue weighted by Gasteiger charge is 2.29. The van der Waals surface area contributed by atoms with Crippen molar-refractivity contribution in [2.45, 2.75) is 45.8 Å². The standard InChI is InChI=1S/C16H21N5O3/c1-11-8-12(2)21(18-11)9-13-4-3-6-20(13)15(23)10-19-7-5-14(22)17-16(19)24/h5,7-8,13H,3-4,6,9-10H2,1-2H3,(H,17,22,24)/t13-/m0/s1. The van der Waals surface area contributed by atoms with Crippen molar-refractivity contribution in [1.82, 2.24) is 24.2 Å². The van der Waals surface area contributed by atoms with Crippen molar-refractivity contribution >= 4 is 5.91 Å². The predicted molar refractivity (Wildman–Crippen MR) is 87.8 cm³/mol. The highest BCUT2D eigenvalue weighted by Crippen LogP contribution is 2.20. The Morgan fingerprint density at radius 2 is 2.17 bits per heavy atom. The molecule has 0 spiro atoms. The van der Waals surface area contributed by atoms with Crippen LogP contribution in [0.5, 0.6) is 0 Å². The molecule has 3 heterocycles. The second-order valence-corrected chi connectivity index (χ2v) is 6.23. The largest absolute Gasteiger partial charge is 0.336 e. The maximum Gasteiger partial charge on any atom is 0.328 e. The van der Waals surface area contributed by atoms with Crippen LogP contribution in [-0.2, 0) is 17.9 Å². The van der Waals surface area contributed by atoms with Crippen LogP contribution < -0.4 is 11.2 Å². The van der Waals surface area contributed by atoms with Gasteiger partial charge >= 0.3 is 5.69 Å². The molecule has 0 saturated carbocycles. The number of nitrogens with zero attached hydrogens (tertiary/aromatic N) is 4. The van der Waals surface area contributed by atoms with Crippen LogP contribution in [0.3, 0.4) is 0 Å². The van der Waals surface area contributed by atoms with Gasteiger partial charge < -0.3 is 4.90 Å². The van der Waals surface area contributed by atoms with Crippen LogP contribution in [-0.4, -0.2) is 42.7 Å². The molecule has 128 valence electrons. The summed E-state index contributed by atoms with van der Waals surface area (Å²) in [6, 6.07) is 3.33. The summed E-state index contributed by atoms with van der Waals surface area (Å²) in [5.74, 6) is -0.117. The monoisotopic (exact) mass is 331 g/mol. The predicted octanol–water partition coefficient (Wildman–Crippen LogP) is 0.0411. The molecule has 1 aliphatic rings. The number of hydrogen-bond donors (Lipinski definition) is 1. The van der Waals surface area contributed by atoms with Crippen molar-refractivity contribution < 1.29 is 4.79 Å². The third-order valence-corrected chi connectivity index (χ3v) is 4.39. The Hall–Kier alpha value is -2.64. The Labute approximate surface area is 138 Å². The Balaban J connectivity index is 1.72. The van der Waals surface area contributed by atoms with Gasteiger partial charge in [0.2, 0.25) is 5.91 Å². The average Bonchev–Trinajstić information content (AvgIpc) is 3.09. The number of hydrogen-bond acceptors (Lipinski definition) is 4. The number of aromatic nitrogens is 4. The first-order valence-corrected chi connectivity index (χ1v) is 8.04. The summed E-state index contributed by atoms with van der Waals surface area (Å²) >= 11 is 0. The fraction of sp³-hybridized carbons (Fsp3) is 0.500. The third-order valence-electron chi connectivity index (χ3n) is 4.39. The first kappa shape index (κ1) is 16.2. The maximum atomic E-state index is 12.6. The Kier molecular flexibility index (Phi) is 4.37. The lowest BCUT2D eigenvalue weighted by molar-refractivity contribution is -0.133. The van der Waals surface area contributed by atoms with E-state index in [1.807, 2.05) is 29.5 Å². The molecule has 1 atom stereocenters. The minimum Gasteiger partial charge on any atom is -0.336 e. The van der Waals surface area contributed by atoms with Gasteiger partial charge in [-0.1, -0.05) is 0 Å². The van der Waals surface area contributed by atoms with Crippen LogP contribution in [0.15, 0.2) is 27.9 Å². The fourth-order valence-electron chi connectivity index (χ4n) is 3.22. The molecule has 1 saturated heterocycles. The molecule has 8 heteroatoms. The molecular formula is C16H21N5O3. The van der Waals surface area contributed by atoms with Gasteiger partial charge in [-0.3, -0.25) is 23.8 Å². The Morgan fingerprint density at radius 3 is 2.83 bits per heavy atom. The van der Waals surface area contributed by atoms with Crippen LogP contribution in [0.1, 0.15) is 24.2 Å². The molecule has 0 radical (unpaired) electrons. The summed E-state index contributed by atoms with van der Waals surface area (Å²) in [7, 11) is 0. The lowest BCUT2D eigenvalue weighted by Gasteiger charge is -2.25. The Morgan fingerprint density at radius 1 is 1.38 bits per heavy atom. The van der Waals surface area contributed by atoms with Crippen molar-refractivity contribution in [3.05, 3.63) is 50.6 Å². The minimum absolute atomic E-state index is 0.0662. The van der Waals surface area contributed by atoms with E-state index in [0.29, 0.717) is 13.1 Å². The molecule has 0 unspecified atom stereocenters. The SMILES string of the molecule is Cc1cc(C)n(C[C@@H]2CCCN2C(=O)Cn2ccc(=O)[nH]c2=O)n1. The van der Waals surface area contributed by atoms with E-state index >= 15 is 0 Å². The van der Waals surface area contributed by atoms with E-state index in [2.05, 4.69) is 10.1 Å². The molecule has 0 bridgehead atoms. The molecule has 2 aromatic rings. The molecule has 1 amide bonds. The molecule has 2 aromatic heterocycles. The molecule has 3 rings (SSSR count). The van der Waals surface area contributed by atoms with Gasteiger partial charge in [0.1, 0.15) is 6.54 Å². The quantitative estimate of drug-likeness (QED) is 0.856. The number of likely N-dealkylation sites (tertiary alicyclic amines) is 1. The van der Waals surface area contributed by atoms with Gasteiger partial charge in [0.05, 0.1) is 18.3 Å². The zero-order valence-electron chi connectivity index (χ0n) is 13.9. The molecule has 1 aliphatic heterocycles. The smallest absolute Gasteiger partial charge is 0.328 e. The number of rotatable bonds is 4. The minimum atomic E-state index is -0.565. The molecule has 1 fully saturated rings. The van der Waals surface area contributed by atoms with Gasteiger partial charge in [0.25, 0.3) is 5.56 Å². The van der Waals surface area contributed by atoms with Gasteiger partial charge in [0, 0.05) is 24.5 Å². The molecule has 0 aromatic carbocycles. The van der Waals surface area contributed by atoms with Crippen molar-refractivity contribution in [2.24, 2.45) is 0 Å². The number of aryl methyl sites for hydroxylation is 2. The topological polar surface area (TPSA) is 93.0 Å². The van der Waals surface area contributed by atoms with Gasteiger partial charge in [0.15, 0.2) is 0 Å². The van der Waals surface area contributed by atoms with Gasteiger partial charge in [-0.25, -0.2) is 4.79 Å². The molecular weight excluding hydrogens is 310 g/mol. The zero-order chi connectivity index (χ0) is 17.3. The van der Waals surface area contributed by atoms with Gasteiger partial charge in [-0.2, -0.15) is 5.10 Å². The maximum absolute atomic E-state index is 12.6. The summed E-state index contributed by atoms with van der Waals surface area (Å²) in [5, 5.41) is 4.46. The van der Waals surface area contributed by atoms with E-state index in [1.165, 1.54) is 16.8 Å². The number of carbonyl (C=O) groups is 1. The normalized spacial score (nSPS) is 17.4. The van der Waals surface area contributed by atoms with Crippen LogP contribution >= 0.6 is 0 Å². The highest BCUT2D eigenvalue weighted by atomic mass is 16.2. The zero-order valence-corrected chi connectivity index (χ0v) is 13.9. The first-order chi connectivity index (χ1) is 11.4. The van der Waals surface area contributed by atoms with E-state index < -0.39 is 11.2 Å². The van der Waals surface area contributed by atoms with Crippen molar-refractivity contribution in [3.8, 4) is 0 Å². The fourth-order valence-corrected chi connectivity index (χ4v) is 3.22. The number of H-pyrrole nitrogens is 1. The van der Waals surface area contributed by atoms with Crippen molar-refractivity contribution in [2.75, 3.05) is 6.54 Å². The first-order valence-electron chi connectivity index (χ1n) is 8.04. The van der Waals surface area contributed by atoms with Gasteiger partial charge in [-0.05, 0) is 32.8 Å². The summed E-state index contributed by atoms with van der Waals surface area (Å²) < 4.78 is 3.15. The van der Waals surface area contributed by atoms with E-state index in [-0.39, 0.29) is 18.5 Å². The van der Waals surface area contributed by atoms with E-state index in [1.54, 1.807) is 0 Å². The number of carbonyl (C=O) groups excluding carboxylic acids is 1. The Bertz CT molecular complexity index is 863. The molecule has 1 N–H and O–H groups in total.